The lowest BCUT2D eigenvalue weighted by Crippen LogP contribution is -2.41. The minimum Gasteiger partial charge on any atom is -0.497 e. The zero-order valence-electron chi connectivity index (χ0n) is 16.3. The van der Waals surface area contributed by atoms with E-state index in [0.717, 1.165) is 36.4 Å². The van der Waals surface area contributed by atoms with Crippen LogP contribution in [-0.2, 0) is 0 Å². The van der Waals surface area contributed by atoms with Gasteiger partial charge < -0.3 is 19.7 Å². The van der Waals surface area contributed by atoms with E-state index in [-0.39, 0.29) is 12.1 Å². The SMILES string of the molecule is COc1cccc(C2CCCN2C(=O)NCCOc2cc(C)cc(C)c2)c1. The van der Waals surface area contributed by atoms with E-state index in [9.17, 15) is 4.79 Å². The van der Waals surface area contributed by atoms with Gasteiger partial charge in [0.2, 0.25) is 0 Å². The molecule has 1 aliphatic heterocycles. The van der Waals surface area contributed by atoms with Gasteiger partial charge in [0.05, 0.1) is 19.7 Å². The highest BCUT2D eigenvalue weighted by Crippen LogP contribution is 2.33. The summed E-state index contributed by atoms with van der Waals surface area (Å²) in [7, 11) is 1.66. The summed E-state index contributed by atoms with van der Waals surface area (Å²) in [6.45, 7) is 5.80. The van der Waals surface area contributed by atoms with E-state index in [2.05, 4.69) is 17.4 Å². The quantitative estimate of drug-likeness (QED) is 0.776. The molecule has 1 heterocycles. The standard InChI is InChI=1S/C22H28N2O3/c1-16-12-17(2)14-20(13-16)27-11-9-23-22(25)24-10-5-8-21(24)18-6-4-7-19(15-18)26-3/h4,6-7,12-15,21H,5,8-11H2,1-3H3,(H,23,25). The molecule has 144 valence electrons. The summed E-state index contributed by atoms with van der Waals surface area (Å²) in [5.41, 5.74) is 3.47. The van der Waals surface area contributed by atoms with Crippen molar-refractivity contribution in [2.24, 2.45) is 0 Å². The number of nitrogens with one attached hydrogen (secondary N) is 1. The van der Waals surface area contributed by atoms with Gasteiger partial charge in [0, 0.05) is 6.54 Å². The Kier molecular flexibility index (Phi) is 6.22. The molecule has 0 aliphatic carbocycles. The Labute approximate surface area is 161 Å². The molecule has 3 rings (SSSR count). The lowest BCUT2D eigenvalue weighted by Gasteiger charge is -2.25. The second-order valence-corrected chi connectivity index (χ2v) is 7.03. The van der Waals surface area contributed by atoms with E-state index in [1.54, 1.807) is 7.11 Å². The zero-order chi connectivity index (χ0) is 19.2. The normalized spacial score (nSPS) is 16.3. The Hall–Kier alpha value is -2.69. The molecular weight excluding hydrogens is 340 g/mol. The van der Waals surface area contributed by atoms with Gasteiger partial charge in [0.1, 0.15) is 18.1 Å². The molecule has 1 aliphatic rings. The Morgan fingerprint density at radius 3 is 2.67 bits per heavy atom. The first-order valence-corrected chi connectivity index (χ1v) is 9.46. The van der Waals surface area contributed by atoms with Crippen LogP contribution in [0.25, 0.3) is 0 Å². The van der Waals surface area contributed by atoms with Gasteiger partial charge in [-0.1, -0.05) is 18.2 Å². The van der Waals surface area contributed by atoms with Crippen LogP contribution in [0.5, 0.6) is 11.5 Å². The van der Waals surface area contributed by atoms with Gasteiger partial charge in [-0.05, 0) is 67.6 Å². The monoisotopic (exact) mass is 368 g/mol. The van der Waals surface area contributed by atoms with Crippen molar-refractivity contribution in [1.82, 2.24) is 10.2 Å². The molecule has 1 fully saturated rings. The molecule has 0 saturated carbocycles. The number of likely N-dealkylation sites (tertiary alicyclic amines) is 1. The lowest BCUT2D eigenvalue weighted by atomic mass is 10.0. The number of rotatable bonds is 6. The van der Waals surface area contributed by atoms with Crippen molar-refractivity contribution in [3.05, 3.63) is 59.2 Å². The van der Waals surface area contributed by atoms with Crippen LogP contribution in [0.1, 0.15) is 35.6 Å². The Bertz CT molecular complexity index is 771. The minimum absolute atomic E-state index is 0.0376. The van der Waals surface area contributed by atoms with E-state index < -0.39 is 0 Å². The molecular formula is C22H28N2O3. The molecule has 5 nitrogen and oxygen atoms in total. The van der Waals surface area contributed by atoms with Crippen molar-refractivity contribution >= 4 is 6.03 Å². The fourth-order valence-electron chi connectivity index (χ4n) is 3.65. The number of amides is 2. The number of benzene rings is 2. The van der Waals surface area contributed by atoms with Crippen LogP contribution in [0.3, 0.4) is 0 Å². The summed E-state index contributed by atoms with van der Waals surface area (Å²) in [6, 6.07) is 14.2. The molecule has 0 bridgehead atoms. The maximum absolute atomic E-state index is 12.6. The van der Waals surface area contributed by atoms with Crippen LogP contribution in [0, 0.1) is 13.8 Å². The first-order valence-electron chi connectivity index (χ1n) is 9.46. The van der Waals surface area contributed by atoms with Gasteiger partial charge in [-0.15, -0.1) is 0 Å². The second-order valence-electron chi connectivity index (χ2n) is 7.03. The molecule has 5 heteroatoms. The van der Waals surface area contributed by atoms with Gasteiger partial charge in [0.25, 0.3) is 0 Å². The van der Waals surface area contributed by atoms with Crippen molar-refractivity contribution in [2.75, 3.05) is 26.8 Å². The van der Waals surface area contributed by atoms with Crippen molar-refractivity contribution in [1.29, 1.82) is 0 Å². The Morgan fingerprint density at radius 1 is 1.15 bits per heavy atom. The smallest absolute Gasteiger partial charge is 0.318 e. The van der Waals surface area contributed by atoms with Crippen LogP contribution in [-0.4, -0.2) is 37.7 Å². The van der Waals surface area contributed by atoms with Gasteiger partial charge >= 0.3 is 6.03 Å². The number of carbonyl (C=O) groups excluding carboxylic acids is 1. The van der Waals surface area contributed by atoms with Crippen LogP contribution in [0.4, 0.5) is 4.79 Å². The fraction of sp³-hybridized carbons (Fsp3) is 0.409. The third-order valence-corrected chi connectivity index (χ3v) is 4.83. The third kappa shape index (κ3) is 4.94. The number of ether oxygens (including phenoxy) is 2. The van der Waals surface area contributed by atoms with Crippen molar-refractivity contribution in [2.45, 2.75) is 32.7 Å². The molecule has 0 aromatic heterocycles. The largest absolute Gasteiger partial charge is 0.497 e. The summed E-state index contributed by atoms with van der Waals surface area (Å²) < 4.78 is 11.1. The van der Waals surface area contributed by atoms with E-state index in [1.807, 2.05) is 49.1 Å². The molecule has 1 N–H and O–H groups in total. The highest BCUT2D eigenvalue weighted by Gasteiger charge is 2.29. The summed E-state index contributed by atoms with van der Waals surface area (Å²) >= 11 is 0. The first-order chi connectivity index (χ1) is 13.1. The van der Waals surface area contributed by atoms with Gasteiger partial charge in [-0.2, -0.15) is 0 Å². The number of hydrogen-bond acceptors (Lipinski definition) is 3. The fourth-order valence-corrected chi connectivity index (χ4v) is 3.65. The van der Waals surface area contributed by atoms with E-state index >= 15 is 0 Å². The predicted molar refractivity (Wildman–Crippen MR) is 106 cm³/mol. The highest BCUT2D eigenvalue weighted by atomic mass is 16.5. The predicted octanol–water partition coefficient (Wildman–Crippen LogP) is 4.24. The number of carbonyl (C=O) groups is 1. The topological polar surface area (TPSA) is 50.8 Å². The number of aryl methyl sites for hydroxylation is 2. The van der Waals surface area contributed by atoms with Crippen LogP contribution in [0.15, 0.2) is 42.5 Å². The van der Waals surface area contributed by atoms with Crippen molar-refractivity contribution in [3.8, 4) is 11.5 Å². The van der Waals surface area contributed by atoms with E-state index in [0.29, 0.717) is 13.2 Å². The highest BCUT2D eigenvalue weighted by molar-refractivity contribution is 5.75. The molecule has 27 heavy (non-hydrogen) atoms. The molecule has 1 saturated heterocycles. The molecule has 2 amide bonds. The van der Waals surface area contributed by atoms with Gasteiger partial charge in [-0.25, -0.2) is 4.79 Å². The summed E-state index contributed by atoms with van der Waals surface area (Å²) in [5.74, 6) is 1.67. The van der Waals surface area contributed by atoms with E-state index in [1.165, 1.54) is 11.1 Å². The molecule has 1 unspecified atom stereocenters. The van der Waals surface area contributed by atoms with E-state index in [4.69, 9.17) is 9.47 Å². The van der Waals surface area contributed by atoms with Gasteiger partial charge in [0.15, 0.2) is 0 Å². The number of urea groups is 1. The summed E-state index contributed by atoms with van der Waals surface area (Å²) in [6.07, 6.45) is 1.98. The molecule has 1 atom stereocenters. The summed E-state index contributed by atoms with van der Waals surface area (Å²) in [5, 5.41) is 2.98. The third-order valence-electron chi connectivity index (χ3n) is 4.83. The average Bonchev–Trinajstić information content (AvgIpc) is 3.14. The Morgan fingerprint density at radius 2 is 1.93 bits per heavy atom. The summed E-state index contributed by atoms with van der Waals surface area (Å²) in [4.78, 5) is 14.5. The maximum atomic E-state index is 12.6. The minimum atomic E-state index is -0.0376. The second kappa shape index (κ2) is 8.80. The number of nitrogens with zero attached hydrogens (tertiary/aromatic N) is 1. The lowest BCUT2D eigenvalue weighted by molar-refractivity contribution is 0.190. The molecule has 0 spiro atoms. The first kappa shape index (κ1) is 19.1. The van der Waals surface area contributed by atoms with Crippen molar-refractivity contribution < 1.29 is 14.3 Å². The van der Waals surface area contributed by atoms with Crippen LogP contribution in [0.2, 0.25) is 0 Å². The number of methoxy groups -OCH3 is 1. The average molecular weight is 368 g/mol. The number of hydrogen-bond donors (Lipinski definition) is 1. The van der Waals surface area contributed by atoms with Crippen molar-refractivity contribution in [3.63, 3.8) is 0 Å². The van der Waals surface area contributed by atoms with Crippen LogP contribution < -0.4 is 14.8 Å². The Balaban J connectivity index is 1.52. The zero-order valence-corrected chi connectivity index (χ0v) is 16.3. The van der Waals surface area contributed by atoms with Gasteiger partial charge in [-0.3, -0.25) is 0 Å². The molecule has 2 aromatic rings. The molecule has 0 radical (unpaired) electrons. The maximum Gasteiger partial charge on any atom is 0.318 e. The van der Waals surface area contributed by atoms with Crippen LogP contribution >= 0.6 is 0 Å². The molecule has 2 aromatic carbocycles.